The number of anilines is 1. The molecule has 2 rings (SSSR count). The number of nitrogens with zero attached hydrogens (tertiary/aromatic N) is 2. The fraction of sp³-hybridized carbons (Fsp3) is 0.714. The molecular formula is C14H22ClN3. The standard InChI is InChI=1S/C14H22ClN3/c1-3-11-4-6-12(7-5-11)9-16-14-8-13(15)17-10(2)18-14/h8,11-12H,3-7,9H2,1-2H3,(H,16,17,18). The third-order valence-corrected chi connectivity index (χ3v) is 4.12. The van der Waals surface area contributed by atoms with Crippen LogP contribution in [0.2, 0.25) is 5.15 Å². The molecule has 1 saturated carbocycles. The highest BCUT2D eigenvalue weighted by atomic mass is 35.5. The molecule has 0 unspecified atom stereocenters. The molecule has 1 heterocycles. The zero-order chi connectivity index (χ0) is 13.0. The molecule has 1 aliphatic carbocycles. The molecule has 1 aromatic heterocycles. The molecule has 0 saturated heterocycles. The fourth-order valence-electron chi connectivity index (χ4n) is 2.71. The molecule has 0 spiro atoms. The first kappa shape index (κ1) is 13.6. The van der Waals surface area contributed by atoms with Crippen molar-refractivity contribution in [3.8, 4) is 0 Å². The van der Waals surface area contributed by atoms with E-state index in [0.29, 0.717) is 5.15 Å². The van der Waals surface area contributed by atoms with E-state index >= 15 is 0 Å². The summed E-state index contributed by atoms with van der Waals surface area (Å²) in [6, 6.07) is 1.80. The number of aryl methyl sites for hydroxylation is 1. The maximum absolute atomic E-state index is 5.92. The van der Waals surface area contributed by atoms with Crippen LogP contribution in [0.4, 0.5) is 5.82 Å². The van der Waals surface area contributed by atoms with Crippen molar-refractivity contribution in [2.24, 2.45) is 11.8 Å². The van der Waals surface area contributed by atoms with E-state index in [4.69, 9.17) is 11.6 Å². The molecular weight excluding hydrogens is 246 g/mol. The van der Waals surface area contributed by atoms with E-state index in [1.807, 2.05) is 6.92 Å². The van der Waals surface area contributed by atoms with E-state index in [1.54, 1.807) is 6.07 Å². The topological polar surface area (TPSA) is 37.8 Å². The molecule has 1 N–H and O–H groups in total. The number of hydrogen-bond donors (Lipinski definition) is 1. The average molecular weight is 268 g/mol. The zero-order valence-electron chi connectivity index (χ0n) is 11.2. The van der Waals surface area contributed by atoms with Crippen LogP contribution in [0.1, 0.15) is 44.9 Å². The van der Waals surface area contributed by atoms with Crippen LogP contribution in [0, 0.1) is 18.8 Å². The predicted molar refractivity (Wildman–Crippen MR) is 76.0 cm³/mol. The molecule has 0 atom stereocenters. The Bertz CT molecular complexity index is 366. The van der Waals surface area contributed by atoms with Gasteiger partial charge in [0, 0.05) is 12.6 Å². The van der Waals surface area contributed by atoms with Crippen LogP contribution < -0.4 is 5.32 Å². The van der Waals surface area contributed by atoms with Crippen molar-refractivity contribution in [1.29, 1.82) is 0 Å². The number of aromatic nitrogens is 2. The Morgan fingerprint density at radius 3 is 2.50 bits per heavy atom. The van der Waals surface area contributed by atoms with E-state index in [-0.39, 0.29) is 0 Å². The van der Waals surface area contributed by atoms with Crippen molar-refractivity contribution in [1.82, 2.24) is 9.97 Å². The van der Waals surface area contributed by atoms with Crippen molar-refractivity contribution in [3.63, 3.8) is 0 Å². The Morgan fingerprint density at radius 1 is 1.22 bits per heavy atom. The quantitative estimate of drug-likeness (QED) is 0.836. The summed E-state index contributed by atoms with van der Waals surface area (Å²) in [7, 11) is 0. The average Bonchev–Trinajstić information content (AvgIpc) is 2.36. The summed E-state index contributed by atoms with van der Waals surface area (Å²) in [5.41, 5.74) is 0. The molecule has 0 aliphatic heterocycles. The van der Waals surface area contributed by atoms with Gasteiger partial charge in [-0.1, -0.05) is 37.8 Å². The molecule has 0 amide bonds. The second kappa shape index (κ2) is 6.37. The summed E-state index contributed by atoms with van der Waals surface area (Å²) in [5.74, 6) is 3.31. The Labute approximate surface area is 114 Å². The Hall–Kier alpha value is -0.830. The predicted octanol–water partition coefficient (Wildman–Crippen LogP) is 4.07. The SMILES string of the molecule is CCC1CCC(CNc2cc(Cl)nc(C)n2)CC1. The summed E-state index contributed by atoms with van der Waals surface area (Å²) >= 11 is 5.92. The van der Waals surface area contributed by atoms with Gasteiger partial charge in [0.05, 0.1) is 0 Å². The van der Waals surface area contributed by atoms with Crippen LogP contribution >= 0.6 is 11.6 Å². The molecule has 3 nitrogen and oxygen atoms in total. The largest absolute Gasteiger partial charge is 0.370 e. The number of halogens is 1. The van der Waals surface area contributed by atoms with Gasteiger partial charge in [-0.2, -0.15) is 0 Å². The van der Waals surface area contributed by atoms with E-state index in [0.717, 1.165) is 30.0 Å². The minimum absolute atomic E-state index is 0.514. The molecule has 1 fully saturated rings. The van der Waals surface area contributed by atoms with Crippen LogP contribution in [0.5, 0.6) is 0 Å². The van der Waals surface area contributed by atoms with Gasteiger partial charge in [-0.15, -0.1) is 0 Å². The highest BCUT2D eigenvalue weighted by Gasteiger charge is 2.19. The molecule has 0 bridgehead atoms. The third kappa shape index (κ3) is 3.84. The van der Waals surface area contributed by atoms with Gasteiger partial charge in [-0.05, 0) is 31.6 Å². The van der Waals surface area contributed by atoms with Gasteiger partial charge < -0.3 is 5.32 Å². The second-order valence-electron chi connectivity index (χ2n) is 5.30. The highest BCUT2D eigenvalue weighted by molar-refractivity contribution is 6.29. The van der Waals surface area contributed by atoms with E-state index in [2.05, 4.69) is 22.2 Å². The van der Waals surface area contributed by atoms with Crippen molar-refractivity contribution in [2.45, 2.75) is 46.0 Å². The lowest BCUT2D eigenvalue weighted by Crippen LogP contribution is -2.21. The summed E-state index contributed by atoms with van der Waals surface area (Å²) in [4.78, 5) is 8.41. The molecule has 0 radical (unpaired) electrons. The molecule has 100 valence electrons. The van der Waals surface area contributed by atoms with Gasteiger partial charge in [-0.3, -0.25) is 0 Å². The molecule has 1 aromatic rings. The van der Waals surface area contributed by atoms with E-state index in [9.17, 15) is 0 Å². The lowest BCUT2D eigenvalue weighted by atomic mass is 9.81. The molecule has 18 heavy (non-hydrogen) atoms. The van der Waals surface area contributed by atoms with Gasteiger partial charge in [0.2, 0.25) is 0 Å². The highest BCUT2D eigenvalue weighted by Crippen LogP contribution is 2.30. The molecule has 0 aromatic carbocycles. The first-order chi connectivity index (χ1) is 8.67. The van der Waals surface area contributed by atoms with Gasteiger partial charge in [0.15, 0.2) is 0 Å². The van der Waals surface area contributed by atoms with Gasteiger partial charge in [0.25, 0.3) is 0 Å². The minimum atomic E-state index is 0.514. The lowest BCUT2D eigenvalue weighted by molar-refractivity contribution is 0.278. The van der Waals surface area contributed by atoms with Crippen molar-refractivity contribution < 1.29 is 0 Å². The van der Waals surface area contributed by atoms with Crippen molar-refractivity contribution in [3.05, 3.63) is 17.0 Å². The maximum atomic E-state index is 5.92. The smallest absolute Gasteiger partial charge is 0.134 e. The number of hydrogen-bond acceptors (Lipinski definition) is 3. The van der Waals surface area contributed by atoms with E-state index in [1.165, 1.54) is 32.1 Å². The second-order valence-corrected chi connectivity index (χ2v) is 5.69. The normalized spacial score (nSPS) is 23.9. The summed E-state index contributed by atoms with van der Waals surface area (Å²) in [5, 5.41) is 3.91. The molecule has 1 aliphatic rings. The van der Waals surface area contributed by atoms with Crippen LogP contribution in [0.3, 0.4) is 0 Å². The van der Waals surface area contributed by atoms with Gasteiger partial charge in [0.1, 0.15) is 16.8 Å². The minimum Gasteiger partial charge on any atom is -0.370 e. The summed E-state index contributed by atoms with van der Waals surface area (Å²) < 4.78 is 0. The first-order valence-electron chi connectivity index (χ1n) is 6.92. The Kier molecular flexibility index (Phi) is 4.81. The number of nitrogens with one attached hydrogen (secondary N) is 1. The Balaban J connectivity index is 1.81. The zero-order valence-corrected chi connectivity index (χ0v) is 12.0. The summed E-state index contributed by atoms with van der Waals surface area (Å²) in [6.45, 7) is 5.17. The summed E-state index contributed by atoms with van der Waals surface area (Å²) in [6.07, 6.45) is 6.77. The van der Waals surface area contributed by atoms with E-state index < -0.39 is 0 Å². The van der Waals surface area contributed by atoms with Crippen LogP contribution in [-0.2, 0) is 0 Å². The monoisotopic (exact) mass is 267 g/mol. The van der Waals surface area contributed by atoms with Crippen LogP contribution in [0.15, 0.2) is 6.07 Å². The Morgan fingerprint density at radius 2 is 1.89 bits per heavy atom. The number of rotatable bonds is 4. The molecule has 4 heteroatoms. The van der Waals surface area contributed by atoms with Crippen molar-refractivity contribution in [2.75, 3.05) is 11.9 Å². The van der Waals surface area contributed by atoms with Crippen LogP contribution in [-0.4, -0.2) is 16.5 Å². The maximum Gasteiger partial charge on any atom is 0.134 e. The first-order valence-corrected chi connectivity index (χ1v) is 7.30. The lowest BCUT2D eigenvalue weighted by Gasteiger charge is -2.28. The van der Waals surface area contributed by atoms with Gasteiger partial charge in [-0.25, -0.2) is 9.97 Å². The van der Waals surface area contributed by atoms with Crippen LogP contribution in [0.25, 0.3) is 0 Å². The third-order valence-electron chi connectivity index (χ3n) is 3.92. The fourth-order valence-corrected chi connectivity index (χ4v) is 2.94. The van der Waals surface area contributed by atoms with Gasteiger partial charge >= 0.3 is 0 Å². The van der Waals surface area contributed by atoms with Crippen molar-refractivity contribution >= 4 is 17.4 Å².